The number of carbonyl (C=O) groups is 1. The second-order valence-electron chi connectivity index (χ2n) is 7.92. The van der Waals surface area contributed by atoms with E-state index in [1.807, 2.05) is 18.2 Å². The van der Waals surface area contributed by atoms with Crippen molar-refractivity contribution in [2.45, 2.75) is 11.4 Å². The van der Waals surface area contributed by atoms with Gasteiger partial charge in [0.05, 0.1) is 44.1 Å². The normalized spacial score (nSPS) is 18.1. The van der Waals surface area contributed by atoms with E-state index >= 15 is 0 Å². The van der Waals surface area contributed by atoms with Crippen LogP contribution in [0.5, 0.6) is 5.75 Å². The number of rotatable bonds is 7. The molecular weight excluding hydrogens is 446 g/mol. The first-order valence-electron chi connectivity index (χ1n) is 10.9. The lowest BCUT2D eigenvalue weighted by atomic mass is 10.1. The van der Waals surface area contributed by atoms with Crippen molar-refractivity contribution in [2.75, 3.05) is 65.0 Å². The lowest BCUT2D eigenvalue weighted by Gasteiger charge is -2.26. The van der Waals surface area contributed by atoms with Crippen LogP contribution >= 0.6 is 0 Å². The predicted octanol–water partition coefficient (Wildman–Crippen LogP) is 1.80. The van der Waals surface area contributed by atoms with E-state index in [4.69, 9.17) is 14.2 Å². The number of hydrogen-bond acceptors (Lipinski definition) is 7. The lowest BCUT2D eigenvalue weighted by Crippen LogP contribution is -2.40. The Morgan fingerprint density at radius 3 is 2.39 bits per heavy atom. The Labute approximate surface area is 194 Å². The van der Waals surface area contributed by atoms with Gasteiger partial charge in [-0.15, -0.1) is 0 Å². The van der Waals surface area contributed by atoms with Crippen molar-refractivity contribution in [3.8, 4) is 5.75 Å². The molecule has 33 heavy (non-hydrogen) atoms. The summed E-state index contributed by atoms with van der Waals surface area (Å²) in [5.41, 5.74) is 1.82. The van der Waals surface area contributed by atoms with Gasteiger partial charge in [-0.1, -0.05) is 12.1 Å². The van der Waals surface area contributed by atoms with Crippen LogP contribution in [0, 0.1) is 0 Å². The molecule has 4 rings (SSSR count). The molecule has 9 nitrogen and oxygen atoms in total. The monoisotopic (exact) mass is 475 g/mol. The summed E-state index contributed by atoms with van der Waals surface area (Å²) in [7, 11) is -2.23. The molecule has 2 aliphatic rings. The highest BCUT2D eigenvalue weighted by molar-refractivity contribution is 7.89. The molecule has 2 saturated heterocycles. The van der Waals surface area contributed by atoms with E-state index in [1.54, 1.807) is 12.1 Å². The molecule has 0 unspecified atom stereocenters. The maximum absolute atomic E-state index is 13.0. The molecule has 0 atom stereocenters. The van der Waals surface area contributed by atoms with Gasteiger partial charge in [-0.25, -0.2) is 8.42 Å². The fraction of sp³-hybridized carbons (Fsp3) is 0.435. The van der Waals surface area contributed by atoms with E-state index in [9.17, 15) is 13.2 Å². The fourth-order valence-corrected chi connectivity index (χ4v) is 5.34. The number of hydrogen-bond donors (Lipinski definition) is 1. The van der Waals surface area contributed by atoms with Crippen LogP contribution in [0.4, 0.5) is 5.69 Å². The molecule has 1 N–H and O–H groups in total. The Bertz CT molecular complexity index is 1080. The summed E-state index contributed by atoms with van der Waals surface area (Å²) in [5, 5.41) is 2.82. The maximum Gasteiger partial charge on any atom is 0.255 e. The lowest BCUT2D eigenvalue weighted by molar-refractivity contribution is 0.0342. The molecule has 0 radical (unpaired) electrons. The van der Waals surface area contributed by atoms with Gasteiger partial charge in [-0.05, 0) is 35.9 Å². The number of nitrogens with zero attached hydrogens (tertiary/aromatic N) is 2. The molecule has 2 fully saturated rings. The SMILES string of the molecule is COc1ccc(S(=O)(=O)N2CCOCC2)cc1NC(=O)c1cccc(CN2CCOCC2)c1. The number of sulfonamides is 1. The van der Waals surface area contributed by atoms with Crippen LogP contribution in [-0.2, 0) is 26.0 Å². The second kappa shape index (κ2) is 10.6. The number of ether oxygens (including phenoxy) is 3. The Morgan fingerprint density at radius 2 is 1.70 bits per heavy atom. The summed E-state index contributed by atoms with van der Waals surface area (Å²) in [6.45, 7) is 5.20. The highest BCUT2D eigenvalue weighted by Gasteiger charge is 2.27. The Balaban J connectivity index is 1.52. The summed E-state index contributed by atoms with van der Waals surface area (Å²) in [6.07, 6.45) is 0. The number of nitrogens with one attached hydrogen (secondary N) is 1. The third kappa shape index (κ3) is 5.71. The first-order chi connectivity index (χ1) is 16.0. The van der Waals surface area contributed by atoms with Crippen LogP contribution in [0.25, 0.3) is 0 Å². The minimum atomic E-state index is -3.70. The first kappa shape index (κ1) is 23.7. The smallest absolute Gasteiger partial charge is 0.255 e. The molecular formula is C23H29N3O6S. The summed E-state index contributed by atoms with van der Waals surface area (Å²) >= 11 is 0. The van der Waals surface area contributed by atoms with Crippen LogP contribution in [0.15, 0.2) is 47.4 Å². The molecule has 2 heterocycles. The van der Waals surface area contributed by atoms with Crippen molar-refractivity contribution in [3.05, 3.63) is 53.6 Å². The summed E-state index contributed by atoms with van der Waals surface area (Å²) < 4.78 is 43.5. The van der Waals surface area contributed by atoms with E-state index in [2.05, 4.69) is 10.2 Å². The second-order valence-corrected chi connectivity index (χ2v) is 9.86. The molecule has 0 spiro atoms. The Hall–Kier alpha value is -2.50. The van der Waals surface area contributed by atoms with Crippen molar-refractivity contribution in [2.24, 2.45) is 0 Å². The van der Waals surface area contributed by atoms with Gasteiger partial charge in [-0.2, -0.15) is 4.31 Å². The quantitative estimate of drug-likeness (QED) is 0.652. The van der Waals surface area contributed by atoms with Gasteiger partial charge in [-0.3, -0.25) is 9.69 Å². The summed E-state index contributed by atoms with van der Waals surface area (Å²) in [4.78, 5) is 15.4. The van der Waals surface area contributed by atoms with Crippen molar-refractivity contribution >= 4 is 21.6 Å². The van der Waals surface area contributed by atoms with Gasteiger partial charge in [0.25, 0.3) is 5.91 Å². The van der Waals surface area contributed by atoms with Crippen LogP contribution < -0.4 is 10.1 Å². The van der Waals surface area contributed by atoms with E-state index < -0.39 is 10.0 Å². The van der Waals surface area contributed by atoms with Crippen LogP contribution in [0.2, 0.25) is 0 Å². The molecule has 178 valence electrons. The van der Waals surface area contributed by atoms with Gasteiger partial charge in [0.2, 0.25) is 10.0 Å². The number of carbonyl (C=O) groups excluding carboxylic acids is 1. The topological polar surface area (TPSA) is 97.4 Å². The number of morpholine rings is 2. The van der Waals surface area contributed by atoms with Crippen molar-refractivity contribution in [1.29, 1.82) is 0 Å². The minimum absolute atomic E-state index is 0.0987. The highest BCUT2D eigenvalue weighted by Crippen LogP contribution is 2.29. The molecule has 0 saturated carbocycles. The van der Waals surface area contributed by atoms with Crippen molar-refractivity contribution < 1.29 is 27.4 Å². The Kier molecular flexibility index (Phi) is 7.61. The molecule has 10 heteroatoms. The molecule has 2 aliphatic heterocycles. The van der Waals surface area contributed by atoms with Gasteiger partial charge in [0.1, 0.15) is 5.75 Å². The van der Waals surface area contributed by atoms with E-state index in [-0.39, 0.29) is 10.8 Å². The van der Waals surface area contributed by atoms with Gasteiger partial charge in [0.15, 0.2) is 0 Å². The van der Waals surface area contributed by atoms with Crippen LogP contribution in [-0.4, -0.2) is 83.2 Å². The summed E-state index contributed by atoms with van der Waals surface area (Å²) in [6, 6.07) is 11.9. The average molecular weight is 476 g/mol. The Morgan fingerprint density at radius 1 is 1.00 bits per heavy atom. The average Bonchev–Trinajstić information content (AvgIpc) is 2.85. The third-order valence-electron chi connectivity index (χ3n) is 5.73. The third-order valence-corrected chi connectivity index (χ3v) is 7.62. The number of benzene rings is 2. The van der Waals surface area contributed by atoms with Crippen molar-refractivity contribution in [1.82, 2.24) is 9.21 Å². The van der Waals surface area contributed by atoms with Crippen LogP contribution in [0.1, 0.15) is 15.9 Å². The summed E-state index contributed by atoms with van der Waals surface area (Å²) in [5.74, 6) is 0.0480. The van der Waals surface area contributed by atoms with Crippen LogP contribution in [0.3, 0.4) is 0 Å². The molecule has 0 aliphatic carbocycles. The first-order valence-corrected chi connectivity index (χ1v) is 12.4. The predicted molar refractivity (Wildman–Crippen MR) is 123 cm³/mol. The highest BCUT2D eigenvalue weighted by atomic mass is 32.2. The van der Waals surface area contributed by atoms with Gasteiger partial charge < -0.3 is 19.5 Å². The molecule has 0 bridgehead atoms. The molecule has 2 aromatic rings. The number of anilines is 1. The van der Waals surface area contributed by atoms with Crippen molar-refractivity contribution in [3.63, 3.8) is 0 Å². The zero-order valence-corrected chi connectivity index (χ0v) is 19.5. The van der Waals surface area contributed by atoms with Gasteiger partial charge >= 0.3 is 0 Å². The molecule has 1 amide bonds. The van der Waals surface area contributed by atoms with E-state index in [1.165, 1.54) is 23.5 Å². The number of amides is 1. The van der Waals surface area contributed by atoms with Gasteiger partial charge in [0, 0.05) is 38.3 Å². The standard InChI is InChI=1S/C23H29N3O6S/c1-30-22-6-5-20(33(28,29)26-9-13-32-14-10-26)16-21(22)24-23(27)19-4-2-3-18(15-19)17-25-7-11-31-12-8-25/h2-6,15-16H,7-14,17H2,1H3,(H,24,27). The molecule has 0 aromatic heterocycles. The fourth-order valence-electron chi connectivity index (χ4n) is 3.90. The largest absolute Gasteiger partial charge is 0.495 e. The molecule has 2 aromatic carbocycles. The zero-order valence-electron chi connectivity index (χ0n) is 18.7. The minimum Gasteiger partial charge on any atom is -0.495 e. The maximum atomic E-state index is 13.0. The van der Waals surface area contributed by atoms with E-state index in [0.29, 0.717) is 56.5 Å². The number of methoxy groups -OCH3 is 1. The zero-order chi connectivity index (χ0) is 23.3. The van der Waals surface area contributed by atoms with E-state index in [0.717, 1.165) is 25.2 Å².